The number of carbonyl (C=O) groups excluding carboxylic acids is 1. The second-order valence-corrected chi connectivity index (χ2v) is 11.4. The first-order chi connectivity index (χ1) is 14.8. The van der Waals surface area contributed by atoms with E-state index < -0.39 is 10.0 Å². The average molecular weight is 481 g/mol. The van der Waals surface area contributed by atoms with Crippen LogP contribution < -0.4 is 5.32 Å². The van der Waals surface area contributed by atoms with Crippen molar-refractivity contribution in [3.63, 3.8) is 0 Å². The summed E-state index contributed by atoms with van der Waals surface area (Å²) in [5.74, 6) is 1.80. The highest BCUT2D eigenvalue weighted by molar-refractivity contribution is 7.98. The van der Waals surface area contributed by atoms with Crippen molar-refractivity contribution in [2.24, 2.45) is 5.92 Å². The highest BCUT2D eigenvalue weighted by Gasteiger charge is 2.28. The molecular formula is C23H29ClN2O3S2. The van der Waals surface area contributed by atoms with Gasteiger partial charge in [0.25, 0.3) is 5.91 Å². The van der Waals surface area contributed by atoms with E-state index >= 15 is 0 Å². The Bertz CT molecular complexity index is 1020. The predicted molar refractivity (Wildman–Crippen MR) is 128 cm³/mol. The van der Waals surface area contributed by atoms with E-state index in [2.05, 4.69) is 12.2 Å². The van der Waals surface area contributed by atoms with Gasteiger partial charge in [-0.1, -0.05) is 42.8 Å². The van der Waals surface area contributed by atoms with Crippen molar-refractivity contribution in [1.29, 1.82) is 0 Å². The number of sulfonamides is 1. The Morgan fingerprint density at radius 3 is 2.61 bits per heavy atom. The maximum absolute atomic E-state index is 13.0. The molecule has 1 heterocycles. The monoisotopic (exact) mass is 480 g/mol. The molecule has 2 aromatic carbocycles. The molecule has 0 radical (unpaired) electrons. The number of rotatable bonds is 8. The first-order valence-corrected chi connectivity index (χ1v) is 13.5. The smallest absolute Gasteiger partial charge is 0.251 e. The summed E-state index contributed by atoms with van der Waals surface area (Å²) in [5, 5.41) is 3.65. The van der Waals surface area contributed by atoms with E-state index in [0.29, 0.717) is 31.1 Å². The Hall–Kier alpha value is -1.54. The van der Waals surface area contributed by atoms with Gasteiger partial charge >= 0.3 is 0 Å². The fourth-order valence-electron chi connectivity index (χ4n) is 3.51. The molecular weight excluding hydrogens is 452 g/mol. The maximum atomic E-state index is 13.0. The molecule has 3 rings (SSSR count). The predicted octanol–water partition coefficient (Wildman–Crippen LogP) is 4.73. The van der Waals surface area contributed by atoms with Gasteiger partial charge in [0, 0.05) is 41.7 Å². The lowest BCUT2D eigenvalue weighted by atomic mass is 10.0. The van der Waals surface area contributed by atoms with Crippen LogP contribution in [0.1, 0.15) is 41.3 Å². The molecule has 168 valence electrons. The van der Waals surface area contributed by atoms with Gasteiger partial charge in [-0.05, 0) is 55.0 Å². The van der Waals surface area contributed by atoms with E-state index in [1.54, 1.807) is 23.9 Å². The summed E-state index contributed by atoms with van der Waals surface area (Å²) in [4.78, 5) is 12.9. The van der Waals surface area contributed by atoms with Gasteiger partial charge in [-0.2, -0.15) is 16.1 Å². The molecule has 1 saturated heterocycles. The maximum Gasteiger partial charge on any atom is 0.251 e. The van der Waals surface area contributed by atoms with Gasteiger partial charge in [-0.25, -0.2) is 8.42 Å². The van der Waals surface area contributed by atoms with Crippen LogP contribution in [0.15, 0.2) is 47.4 Å². The number of hydrogen-bond donors (Lipinski definition) is 1. The molecule has 0 saturated carbocycles. The van der Waals surface area contributed by atoms with E-state index in [-0.39, 0.29) is 10.8 Å². The number of nitrogens with one attached hydrogen (secondary N) is 1. The van der Waals surface area contributed by atoms with Crippen molar-refractivity contribution in [1.82, 2.24) is 9.62 Å². The van der Waals surface area contributed by atoms with Crippen LogP contribution in [0, 0.1) is 12.8 Å². The van der Waals surface area contributed by atoms with E-state index in [1.165, 1.54) is 10.4 Å². The van der Waals surface area contributed by atoms with Crippen LogP contribution in [0.2, 0.25) is 5.02 Å². The Balaban J connectivity index is 1.58. The third-order valence-corrected chi connectivity index (χ3v) is 8.85. The van der Waals surface area contributed by atoms with Gasteiger partial charge in [0.15, 0.2) is 0 Å². The standard InChI is InChI=1S/C23H29ClN2O3S2/c1-17-9-12-26(13-10-17)31(28,29)20-8-7-18(2)21(15-20)23(27)25-11-14-30-16-19-5-3-4-6-22(19)24/h3-8,15,17H,9-14,16H2,1-2H3,(H,25,27). The molecule has 5 nitrogen and oxygen atoms in total. The van der Waals surface area contributed by atoms with Crippen LogP contribution in [0.5, 0.6) is 0 Å². The van der Waals surface area contributed by atoms with Crippen LogP contribution in [-0.4, -0.2) is 44.0 Å². The molecule has 0 bridgehead atoms. The fourth-order valence-corrected chi connectivity index (χ4v) is 6.15. The molecule has 1 aliphatic heterocycles. The Morgan fingerprint density at radius 1 is 1.19 bits per heavy atom. The molecule has 2 aromatic rings. The SMILES string of the molecule is Cc1ccc(S(=O)(=O)N2CCC(C)CC2)cc1C(=O)NCCSCc1ccccc1Cl. The number of hydrogen-bond acceptors (Lipinski definition) is 4. The molecule has 0 atom stereocenters. The van der Waals surface area contributed by atoms with Crippen molar-refractivity contribution in [2.45, 2.75) is 37.3 Å². The number of halogens is 1. The lowest BCUT2D eigenvalue weighted by Crippen LogP contribution is -2.38. The Kier molecular flexibility index (Phi) is 8.44. The summed E-state index contributed by atoms with van der Waals surface area (Å²) in [6.07, 6.45) is 1.73. The number of aryl methyl sites for hydroxylation is 1. The van der Waals surface area contributed by atoms with E-state index in [0.717, 1.165) is 40.5 Å². The van der Waals surface area contributed by atoms with Crippen LogP contribution >= 0.6 is 23.4 Å². The average Bonchev–Trinajstić information content (AvgIpc) is 2.75. The zero-order chi connectivity index (χ0) is 22.4. The van der Waals surface area contributed by atoms with E-state index in [4.69, 9.17) is 11.6 Å². The van der Waals surface area contributed by atoms with Crippen molar-refractivity contribution in [3.05, 3.63) is 64.2 Å². The van der Waals surface area contributed by atoms with Gasteiger partial charge in [-0.15, -0.1) is 0 Å². The van der Waals surface area contributed by atoms with Gasteiger partial charge in [0.1, 0.15) is 0 Å². The van der Waals surface area contributed by atoms with Gasteiger partial charge in [0.05, 0.1) is 4.90 Å². The lowest BCUT2D eigenvalue weighted by Gasteiger charge is -2.29. The molecule has 8 heteroatoms. The lowest BCUT2D eigenvalue weighted by molar-refractivity contribution is 0.0955. The third kappa shape index (κ3) is 6.25. The highest BCUT2D eigenvalue weighted by Crippen LogP contribution is 2.25. The summed E-state index contributed by atoms with van der Waals surface area (Å²) in [7, 11) is -3.59. The third-order valence-electron chi connectivity index (χ3n) is 5.58. The minimum Gasteiger partial charge on any atom is -0.351 e. The van der Waals surface area contributed by atoms with Crippen molar-refractivity contribution in [3.8, 4) is 0 Å². The molecule has 1 fully saturated rings. The second kappa shape index (κ2) is 10.9. The zero-order valence-corrected chi connectivity index (χ0v) is 20.3. The van der Waals surface area contributed by atoms with E-state index in [1.807, 2.05) is 31.2 Å². The number of amides is 1. The topological polar surface area (TPSA) is 66.5 Å². The molecule has 0 unspecified atom stereocenters. The van der Waals surface area contributed by atoms with Gasteiger partial charge < -0.3 is 5.32 Å². The van der Waals surface area contributed by atoms with Gasteiger partial charge in [-0.3, -0.25) is 4.79 Å². The summed E-state index contributed by atoms with van der Waals surface area (Å²) in [5.41, 5.74) is 2.23. The second-order valence-electron chi connectivity index (χ2n) is 7.96. The minimum atomic E-state index is -3.59. The summed E-state index contributed by atoms with van der Waals surface area (Å²) in [6.45, 7) is 5.52. The van der Waals surface area contributed by atoms with Crippen molar-refractivity contribution < 1.29 is 13.2 Å². The molecule has 0 aromatic heterocycles. The van der Waals surface area contributed by atoms with Crippen LogP contribution in [0.3, 0.4) is 0 Å². The van der Waals surface area contributed by atoms with Crippen LogP contribution in [0.4, 0.5) is 0 Å². The summed E-state index contributed by atoms with van der Waals surface area (Å²) in [6, 6.07) is 12.5. The van der Waals surface area contributed by atoms with E-state index in [9.17, 15) is 13.2 Å². The Labute approximate surface area is 194 Å². The highest BCUT2D eigenvalue weighted by atomic mass is 35.5. The van der Waals surface area contributed by atoms with Crippen molar-refractivity contribution >= 4 is 39.3 Å². The van der Waals surface area contributed by atoms with Crippen LogP contribution in [-0.2, 0) is 15.8 Å². The first kappa shape index (κ1) is 24.1. The number of carbonyl (C=O) groups is 1. The van der Waals surface area contributed by atoms with Gasteiger partial charge in [0.2, 0.25) is 10.0 Å². The number of nitrogens with zero attached hydrogens (tertiary/aromatic N) is 1. The largest absolute Gasteiger partial charge is 0.351 e. The summed E-state index contributed by atoms with van der Waals surface area (Å²) < 4.78 is 27.6. The number of piperidine rings is 1. The minimum absolute atomic E-state index is 0.186. The first-order valence-electron chi connectivity index (χ1n) is 10.5. The fraction of sp³-hybridized carbons (Fsp3) is 0.435. The normalized spacial score (nSPS) is 15.7. The van der Waals surface area contributed by atoms with Crippen LogP contribution in [0.25, 0.3) is 0 Å². The summed E-state index contributed by atoms with van der Waals surface area (Å²) >= 11 is 7.85. The van der Waals surface area contributed by atoms with Crippen molar-refractivity contribution in [2.75, 3.05) is 25.4 Å². The molecule has 1 N–H and O–H groups in total. The molecule has 0 aliphatic carbocycles. The Morgan fingerprint density at radius 2 is 1.90 bits per heavy atom. The molecule has 1 aliphatic rings. The molecule has 0 spiro atoms. The molecule has 1 amide bonds. The quantitative estimate of drug-likeness (QED) is 0.554. The number of benzene rings is 2. The number of thioether (sulfide) groups is 1. The molecule has 31 heavy (non-hydrogen) atoms. The zero-order valence-electron chi connectivity index (χ0n) is 17.9.